The Hall–Kier alpha value is -1.13. The number of nitrogens with zero attached hydrogens (tertiary/aromatic N) is 2. The first kappa shape index (κ1) is 10.1. The molecule has 0 N–H and O–H groups in total. The van der Waals surface area contributed by atoms with Gasteiger partial charge in [0.2, 0.25) is 0 Å². The van der Waals surface area contributed by atoms with Crippen molar-refractivity contribution in [2.24, 2.45) is 0 Å². The maximum Gasteiger partial charge on any atom is 0.0892 e. The van der Waals surface area contributed by atoms with Gasteiger partial charge in [0.1, 0.15) is 0 Å². The van der Waals surface area contributed by atoms with Crippen molar-refractivity contribution in [3.63, 3.8) is 0 Å². The molecule has 0 bridgehead atoms. The Kier molecular flexibility index (Phi) is 2.53. The molecule has 0 aliphatic carbocycles. The van der Waals surface area contributed by atoms with Crippen LogP contribution in [0.2, 0.25) is 0 Å². The zero-order chi connectivity index (χ0) is 11.0. The van der Waals surface area contributed by atoms with Crippen LogP contribution < -0.4 is 0 Å². The molecule has 3 nitrogen and oxygen atoms in total. The third-order valence-corrected chi connectivity index (χ3v) is 3.26. The molecule has 1 aromatic heterocycles. The summed E-state index contributed by atoms with van der Waals surface area (Å²) in [5.41, 5.74) is 3.54. The molecule has 3 rings (SSSR count). The second kappa shape index (κ2) is 4.03. The van der Waals surface area contributed by atoms with Crippen LogP contribution in [0, 0.1) is 0 Å². The number of halogens is 1. The Morgan fingerprint density at radius 2 is 2.31 bits per heavy atom. The van der Waals surface area contributed by atoms with Gasteiger partial charge in [-0.25, -0.2) is 4.68 Å². The van der Waals surface area contributed by atoms with Crippen molar-refractivity contribution >= 4 is 15.9 Å². The molecule has 1 aliphatic rings. The normalized spacial score (nSPS) is 14.8. The summed E-state index contributed by atoms with van der Waals surface area (Å²) < 4.78 is 8.49. The van der Waals surface area contributed by atoms with Gasteiger partial charge in [0.05, 0.1) is 30.8 Å². The van der Waals surface area contributed by atoms with Gasteiger partial charge in [-0.15, -0.1) is 0 Å². The highest BCUT2D eigenvalue weighted by Gasteiger charge is 2.16. The third-order valence-electron chi connectivity index (χ3n) is 2.76. The molecule has 1 aromatic carbocycles. The van der Waals surface area contributed by atoms with Crippen molar-refractivity contribution < 1.29 is 4.74 Å². The van der Waals surface area contributed by atoms with E-state index in [1.165, 1.54) is 11.3 Å². The van der Waals surface area contributed by atoms with E-state index in [0.717, 1.165) is 23.2 Å². The summed E-state index contributed by atoms with van der Waals surface area (Å²) in [5.74, 6) is 0. The number of aromatic nitrogens is 2. The van der Waals surface area contributed by atoms with Gasteiger partial charge in [-0.1, -0.05) is 22.0 Å². The fraction of sp³-hybridized carbons (Fsp3) is 0.250. The molecule has 0 amide bonds. The van der Waals surface area contributed by atoms with Crippen molar-refractivity contribution in [2.75, 3.05) is 6.61 Å². The summed E-state index contributed by atoms with van der Waals surface area (Å²) in [6.07, 6.45) is 2.90. The predicted octanol–water partition coefficient (Wildman–Crippen LogP) is 2.71. The lowest BCUT2D eigenvalue weighted by molar-refractivity contribution is 0.106. The first-order valence-electron chi connectivity index (χ1n) is 5.24. The van der Waals surface area contributed by atoms with E-state index < -0.39 is 0 Å². The summed E-state index contributed by atoms with van der Waals surface area (Å²) in [7, 11) is 0. The molecular weight excluding hydrogens is 268 g/mol. The first-order valence-corrected chi connectivity index (χ1v) is 6.03. The number of fused-ring (bicyclic) bond motifs is 1. The maximum absolute atomic E-state index is 5.47. The number of benzene rings is 1. The molecule has 0 saturated heterocycles. The quantitative estimate of drug-likeness (QED) is 0.802. The number of rotatable bonds is 1. The van der Waals surface area contributed by atoms with Crippen LogP contribution in [0.5, 0.6) is 0 Å². The Bertz CT molecular complexity index is 521. The Morgan fingerprint density at radius 1 is 1.38 bits per heavy atom. The monoisotopic (exact) mass is 278 g/mol. The standard InChI is InChI=1S/C12H11BrN2O/c13-10-2-1-3-11(6-10)15-12-8-16-5-4-9(12)7-14-15/h1-3,6-7H,4-5,8H2. The van der Waals surface area contributed by atoms with Crippen LogP contribution in [0.1, 0.15) is 11.3 Å². The molecule has 0 fully saturated rings. The molecule has 4 heteroatoms. The fourth-order valence-corrected chi connectivity index (χ4v) is 2.34. The van der Waals surface area contributed by atoms with Gasteiger partial charge < -0.3 is 4.74 Å². The average Bonchev–Trinajstić information content (AvgIpc) is 2.72. The van der Waals surface area contributed by atoms with Gasteiger partial charge in [0, 0.05) is 4.47 Å². The molecule has 0 saturated carbocycles. The minimum atomic E-state index is 0.655. The van der Waals surface area contributed by atoms with Crippen molar-refractivity contribution in [1.29, 1.82) is 0 Å². The molecule has 0 unspecified atom stereocenters. The molecule has 16 heavy (non-hydrogen) atoms. The Labute approximate surface area is 102 Å². The first-order chi connectivity index (χ1) is 7.84. The predicted molar refractivity (Wildman–Crippen MR) is 64.6 cm³/mol. The zero-order valence-corrected chi connectivity index (χ0v) is 10.3. The lowest BCUT2D eigenvalue weighted by Crippen LogP contribution is -2.12. The second-order valence-electron chi connectivity index (χ2n) is 3.81. The van der Waals surface area contributed by atoms with E-state index in [-0.39, 0.29) is 0 Å². The summed E-state index contributed by atoms with van der Waals surface area (Å²) in [5, 5.41) is 4.42. The number of hydrogen-bond acceptors (Lipinski definition) is 2. The minimum absolute atomic E-state index is 0.655. The van der Waals surface area contributed by atoms with Gasteiger partial charge in [-0.3, -0.25) is 0 Å². The lowest BCUT2D eigenvalue weighted by Gasteiger charge is -2.14. The largest absolute Gasteiger partial charge is 0.375 e. The van der Waals surface area contributed by atoms with E-state index in [1.54, 1.807) is 0 Å². The van der Waals surface area contributed by atoms with Gasteiger partial charge >= 0.3 is 0 Å². The number of hydrogen-bond donors (Lipinski definition) is 0. The highest BCUT2D eigenvalue weighted by molar-refractivity contribution is 9.10. The molecule has 2 heterocycles. The molecule has 0 atom stereocenters. The van der Waals surface area contributed by atoms with Crippen molar-refractivity contribution in [3.05, 3.63) is 46.2 Å². The van der Waals surface area contributed by atoms with Crippen molar-refractivity contribution in [1.82, 2.24) is 9.78 Å². The van der Waals surface area contributed by atoms with Gasteiger partial charge in [0.25, 0.3) is 0 Å². The molecule has 0 radical (unpaired) electrons. The lowest BCUT2D eigenvalue weighted by atomic mass is 10.1. The van der Waals surface area contributed by atoms with Crippen LogP contribution in [-0.4, -0.2) is 16.4 Å². The van der Waals surface area contributed by atoms with E-state index in [2.05, 4.69) is 27.1 Å². The van der Waals surface area contributed by atoms with Crippen LogP contribution in [0.3, 0.4) is 0 Å². The SMILES string of the molecule is Brc1cccc(-n2ncc3c2COCC3)c1. The van der Waals surface area contributed by atoms with Crippen LogP contribution in [-0.2, 0) is 17.8 Å². The van der Waals surface area contributed by atoms with E-state index in [1.807, 2.05) is 29.1 Å². The highest BCUT2D eigenvalue weighted by atomic mass is 79.9. The van der Waals surface area contributed by atoms with Crippen LogP contribution in [0.15, 0.2) is 34.9 Å². The average molecular weight is 279 g/mol. The zero-order valence-electron chi connectivity index (χ0n) is 8.69. The molecular formula is C12H11BrN2O. The van der Waals surface area contributed by atoms with E-state index in [0.29, 0.717) is 6.61 Å². The highest BCUT2D eigenvalue weighted by Crippen LogP contribution is 2.21. The number of ether oxygens (including phenoxy) is 1. The second-order valence-corrected chi connectivity index (χ2v) is 4.73. The smallest absolute Gasteiger partial charge is 0.0892 e. The van der Waals surface area contributed by atoms with Crippen LogP contribution in [0.25, 0.3) is 5.69 Å². The molecule has 2 aromatic rings. The Balaban J connectivity index is 2.09. The minimum Gasteiger partial charge on any atom is -0.375 e. The van der Waals surface area contributed by atoms with Gasteiger partial charge in [-0.05, 0) is 30.2 Å². The van der Waals surface area contributed by atoms with Crippen molar-refractivity contribution in [2.45, 2.75) is 13.0 Å². The summed E-state index contributed by atoms with van der Waals surface area (Å²) in [6.45, 7) is 1.46. The van der Waals surface area contributed by atoms with E-state index in [4.69, 9.17) is 4.74 Å². The summed E-state index contributed by atoms with van der Waals surface area (Å²) in [4.78, 5) is 0. The fourth-order valence-electron chi connectivity index (χ4n) is 1.95. The third kappa shape index (κ3) is 1.68. The Morgan fingerprint density at radius 3 is 3.19 bits per heavy atom. The van der Waals surface area contributed by atoms with Gasteiger partial charge in [0.15, 0.2) is 0 Å². The maximum atomic E-state index is 5.47. The van der Waals surface area contributed by atoms with E-state index in [9.17, 15) is 0 Å². The van der Waals surface area contributed by atoms with Crippen LogP contribution >= 0.6 is 15.9 Å². The van der Waals surface area contributed by atoms with Crippen LogP contribution in [0.4, 0.5) is 0 Å². The van der Waals surface area contributed by atoms with E-state index >= 15 is 0 Å². The topological polar surface area (TPSA) is 27.1 Å². The molecule has 1 aliphatic heterocycles. The summed E-state index contributed by atoms with van der Waals surface area (Å²) in [6, 6.07) is 8.13. The molecule has 0 spiro atoms. The molecule has 82 valence electrons. The van der Waals surface area contributed by atoms with Crippen molar-refractivity contribution in [3.8, 4) is 5.69 Å². The van der Waals surface area contributed by atoms with Gasteiger partial charge in [-0.2, -0.15) is 5.10 Å². The summed E-state index contributed by atoms with van der Waals surface area (Å²) >= 11 is 3.47.